The lowest BCUT2D eigenvalue weighted by molar-refractivity contribution is 0.102. The fourth-order valence-electron chi connectivity index (χ4n) is 3.59. The van der Waals surface area contributed by atoms with E-state index in [-0.39, 0.29) is 28.2 Å². The lowest BCUT2D eigenvalue weighted by Gasteiger charge is -2.25. The maximum Gasteiger partial charge on any atom is 0.258 e. The number of carbonyl (C=O) groups is 1. The molecular weight excluding hydrogens is 515 g/mol. The summed E-state index contributed by atoms with van der Waals surface area (Å²) >= 11 is 3.30. The molecule has 1 unspecified atom stereocenters. The van der Waals surface area contributed by atoms with E-state index < -0.39 is 21.7 Å². The number of nitrogens with zero attached hydrogens (tertiary/aromatic N) is 2. The van der Waals surface area contributed by atoms with Gasteiger partial charge in [0.15, 0.2) is 0 Å². The first-order valence-electron chi connectivity index (χ1n) is 10.0. The van der Waals surface area contributed by atoms with E-state index in [1.807, 2.05) is 0 Å². The lowest BCUT2D eigenvalue weighted by Crippen LogP contribution is -2.39. The standard InChI is InChI=1S/C22H20BrFN4O4S/c1-32-19-9-4-15(23)11-20(19)33(30,31)28-17-7-8-18-14(10-17)12-25-22(26-18)27-21(29)13-2-5-16(24)6-3-13/h2-6,9,11-12,17,28H,7-8,10H2,1H3,(H,25,26,27,29). The van der Waals surface area contributed by atoms with Gasteiger partial charge in [-0.3, -0.25) is 10.1 Å². The van der Waals surface area contributed by atoms with Gasteiger partial charge in [-0.2, -0.15) is 0 Å². The number of ether oxygens (including phenoxy) is 1. The molecule has 4 rings (SSSR count). The van der Waals surface area contributed by atoms with E-state index in [1.165, 1.54) is 37.4 Å². The van der Waals surface area contributed by atoms with Crippen LogP contribution < -0.4 is 14.8 Å². The molecule has 2 N–H and O–H groups in total. The quantitative estimate of drug-likeness (QED) is 0.500. The number of methoxy groups -OCH3 is 1. The second-order valence-electron chi connectivity index (χ2n) is 7.48. The number of aryl methyl sites for hydroxylation is 1. The van der Waals surface area contributed by atoms with Gasteiger partial charge in [-0.15, -0.1) is 0 Å². The Morgan fingerprint density at radius 3 is 2.70 bits per heavy atom. The second-order valence-corrected chi connectivity index (χ2v) is 10.1. The number of aromatic nitrogens is 2. The van der Waals surface area contributed by atoms with E-state index in [0.29, 0.717) is 23.7 Å². The normalized spacial score (nSPS) is 15.5. The van der Waals surface area contributed by atoms with Crippen molar-refractivity contribution in [2.75, 3.05) is 12.4 Å². The summed E-state index contributed by atoms with van der Waals surface area (Å²) in [6.07, 6.45) is 3.05. The molecule has 172 valence electrons. The first-order valence-corrected chi connectivity index (χ1v) is 12.3. The first-order chi connectivity index (χ1) is 15.7. The molecule has 8 nitrogen and oxygen atoms in total. The van der Waals surface area contributed by atoms with Crippen LogP contribution in [0.2, 0.25) is 0 Å². The van der Waals surface area contributed by atoms with Crippen LogP contribution in [0.3, 0.4) is 0 Å². The number of fused-ring (bicyclic) bond motifs is 1. The minimum absolute atomic E-state index is 0.0558. The molecule has 3 aromatic rings. The van der Waals surface area contributed by atoms with Crippen LogP contribution in [-0.2, 0) is 22.9 Å². The predicted octanol–water partition coefficient (Wildman–Crippen LogP) is 3.47. The Morgan fingerprint density at radius 1 is 1.21 bits per heavy atom. The van der Waals surface area contributed by atoms with Gasteiger partial charge in [0, 0.05) is 28.0 Å². The largest absolute Gasteiger partial charge is 0.495 e. The number of carbonyl (C=O) groups excluding carboxylic acids is 1. The van der Waals surface area contributed by atoms with E-state index in [9.17, 15) is 17.6 Å². The summed E-state index contributed by atoms with van der Waals surface area (Å²) in [4.78, 5) is 21.0. The van der Waals surface area contributed by atoms with Crippen LogP contribution in [0, 0.1) is 5.82 Å². The molecule has 0 aliphatic heterocycles. The van der Waals surface area contributed by atoms with Gasteiger partial charge in [-0.1, -0.05) is 15.9 Å². The zero-order chi connectivity index (χ0) is 23.6. The highest BCUT2D eigenvalue weighted by Crippen LogP contribution is 2.28. The molecule has 0 saturated carbocycles. The van der Waals surface area contributed by atoms with Gasteiger partial charge in [0.25, 0.3) is 5.91 Å². The molecule has 11 heteroatoms. The number of nitrogens with one attached hydrogen (secondary N) is 2. The average Bonchev–Trinajstić information content (AvgIpc) is 2.79. The molecule has 1 aliphatic carbocycles. The smallest absolute Gasteiger partial charge is 0.258 e. The maximum atomic E-state index is 13.0. The number of rotatable bonds is 6. The summed E-state index contributed by atoms with van der Waals surface area (Å²) in [5.74, 6) is -0.479. The molecule has 1 heterocycles. The van der Waals surface area contributed by atoms with Gasteiger partial charge in [-0.25, -0.2) is 27.5 Å². The van der Waals surface area contributed by atoms with Crippen LogP contribution in [-0.4, -0.2) is 37.4 Å². The Hall–Kier alpha value is -2.89. The van der Waals surface area contributed by atoms with Crippen molar-refractivity contribution in [2.24, 2.45) is 0 Å². The molecule has 0 spiro atoms. The molecule has 1 atom stereocenters. The SMILES string of the molecule is COc1ccc(Br)cc1S(=O)(=O)NC1CCc2nc(NC(=O)c3ccc(F)cc3)ncc2C1. The van der Waals surface area contributed by atoms with Crippen LogP contribution in [0.4, 0.5) is 10.3 Å². The zero-order valence-electron chi connectivity index (χ0n) is 17.5. The number of sulfonamides is 1. The molecule has 0 saturated heterocycles. The fourth-order valence-corrected chi connectivity index (χ4v) is 5.56. The number of anilines is 1. The number of hydrogen-bond donors (Lipinski definition) is 2. The Kier molecular flexibility index (Phi) is 6.73. The van der Waals surface area contributed by atoms with Crippen molar-refractivity contribution in [3.63, 3.8) is 0 Å². The number of halogens is 2. The van der Waals surface area contributed by atoms with Gasteiger partial charge < -0.3 is 4.74 Å². The van der Waals surface area contributed by atoms with Gasteiger partial charge in [0.2, 0.25) is 16.0 Å². The fraction of sp³-hybridized carbons (Fsp3) is 0.227. The van der Waals surface area contributed by atoms with Crippen molar-refractivity contribution in [3.8, 4) is 5.75 Å². The molecule has 0 bridgehead atoms. The van der Waals surface area contributed by atoms with Crippen molar-refractivity contribution in [1.82, 2.24) is 14.7 Å². The van der Waals surface area contributed by atoms with Gasteiger partial charge in [0.1, 0.15) is 16.5 Å². The summed E-state index contributed by atoms with van der Waals surface area (Å²) in [5.41, 5.74) is 1.83. The Morgan fingerprint density at radius 2 is 1.97 bits per heavy atom. The highest BCUT2D eigenvalue weighted by molar-refractivity contribution is 9.10. The average molecular weight is 535 g/mol. The summed E-state index contributed by atoms with van der Waals surface area (Å²) in [5, 5.41) is 2.60. The number of amides is 1. The van der Waals surface area contributed by atoms with Gasteiger partial charge in [0.05, 0.1) is 7.11 Å². The maximum absolute atomic E-state index is 13.0. The third kappa shape index (κ3) is 5.37. The predicted molar refractivity (Wildman–Crippen MR) is 123 cm³/mol. The van der Waals surface area contributed by atoms with Crippen LogP contribution in [0.5, 0.6) is 5.75 Å². The van der Waals surface area contributed by atoms with Crippen molar-refractivity contribution in [3.05, 3.63) is 75.8 Å². The third-order valence-corrected chi connectivity index (χ3v) is 7.25. The molecule has 33 heavy (non-hydrogen) atoms. The highest BCUT2D eigenvalue weighted by Gasteiger charge is 2.28. The summed E-state index contributed by atoms with van der Waals surface area (Å²) < 4.78 is 47.5. The van der Waals surface area contributed by atoms with Gasteiger partial charge in [-0.05, 0) is 67.3 Å². The van der Waals surface area contributed by atoms with Crippen LogP contribution >= 0.6 is 15.9 Å². The summed E-state index contributed by atoms with van der Waals surface area (Å²) in [6.45, 7) is 0. The van der Waals surface area contributed by atoms with E-state index in [4.69, 9.17) is 4.74 Å². The van der Waals surface area contributed by atoms with Crippen LogP contribution in [0.15, 0.2) is 58.0 Å². The second kappa shape index (κ2) is 9.54. The zero-order valence-corrected chi connectivity index (χ0v) is 19.9. The van der Waals surface area contributed by atoms with Crippen LogP contribution in [0.25, 0.3) is 0 Å². The number of hydrogen-bond acceptors (Lipinski definition) is 6. The monoisotopic (exact) mass is 534 g/mol. The molecule has 0 fully saturated rings. The van der Waals surface area contributed by atoms with Crippen LogP contribution in [0.1, 0.15) is 28.0 Å². The highest BCUT2D eigenvalue weighted by atomic mass is 79.9. The Balaban J connectivity index is 1.45. The molecule has 0 radical (unpaired) electrons. The minimum atomic E-state index is -3.81. The van der Waals surface area contributed by atoms with Gasteiger partial charge >= 0.3 is 0 Å². The van der Waals surface area contributed by atoms with E-state index in [2.05, 4.69) is 35.9 Å². The third-order valence-electron chi connectivity index (χ3n) is 5.22. The molecule has 1 aromatic heterocycles. The minimum Gasteiger partial charge on any atom is -0.495 e. The Bertz CT molecular complexity index is 1300. The van der Waals surface area contributed by atoms with Crippen molar-refractivity contribution in [1.29, 1.82) is 0 Å². The van der Waals surface area contributed by atoms with E-state index in [1.54, 1.807) is 18.3 Å². The van der Waals surface area contributed by atoms with Crippen molar-refractivity contribution >= 4 is 37.8 Å². The lowest BCUT2D eigenvalue weighted by atomic mass is 9.94. The first kappa shape index (κ1) is 23.3. The van der Waals surface area contributed by atoms with E-state index in [0.717, 1.165) is 11.3 Å². The topological polar surface area (TPSA) is 110 Å². The molecular formula is C22H20BrFN4O4S. The summed E-state index contributed by atoms with van der Waals surface area (Å²) in [7, 11) is -2.40. The van der Waals surface area contributed by atoms with E-state index >= 15 is 0 Å². The molecule has 2 aromatic carbocycles. The summed E-state index contributed by atoms with van der Waals surface area (Å²) in [6, 6.07) is 9.61. The van der Waals surface area contributed by atoms with Crippen molar-refractivity contribution in [2.45, 2.75) is 30.2 Å². The Labute approximate surface area is 198 Å². The molecule has 1 aliphatic rings. The molecule has 1 amide bonds. The number of benzene rings is 2. The van der Waals surface area contributed by atoms with Crippen molar-refractivity contribution < 1.29 is 22.3 Å².